The molecule has 1 aromatic heterocycles. The monoisotopic (exact) mass is 322 g/mol. The van der Waals surface area contributed by atoms with Gasteiger partial charge in [0.1, 0.15) is 11.5 Å². The molecule has 1 saturated carbocycles. The van der Waals surface area contributed by atoms with Gasteiger partial charge in [0.05, 0.1) is 23.6 Å². The first-order valence-corrected chi connectivity index (χ1v) is 6.99. The van der Waals surface area contributed by atoms with E-state index in [1.165, 1.54) is 30.6 Å². The van der Waals surface area contributed by atoms with Crippen molar-refractivity contribution in [2.24, 2.45) is 0 Å². The maximum atomic E-state index is 12.9. The van der Waals surface area contributed by atoms with Crippen molar-refractivity contribution in [2.75, 3.05) is 10.6 Å². The average Bonchev–Trinajstić information content (AvgIpc) is 3.31. The molecule has 0 bridgehead atoms. The number of benzene rings is 1. The van der Waals surface area contributed by atoms with Crippen molar-refractivity contribution in [1.29, 1.82) is 0 Å². The molecule has 2 N–H and O–H groups in total. The molecule has 0 unspecified atom stereocenters. The normalized spacial score (nSPS) is 14.4. The molecule has 23 heavy (non-hydrogen) atoms. The van der Waals surface area contributed by atoms with Crippen LogP contribution in [0.2, 0.25) is 0 Å². The zero-order valence-corrected chi connectivity index (χ0v) is 11.9. The smallest absolute Gasteiger partial charge is 0.366 e. The summed E-state index contributed by atoms with van der Waals surface area (Å²) in [7, 11) is 0. The van der Waals surface area contributed by atoms with Crippen LogP contribution in [0.15, 0.2) is 36.7 Å². The van der Waals surface area contributed by atoms with E-state index in [0.717, 1.165) is 18.9 Å². The van der Waals surface area contributed by atoms with Crippen molar-refractivity contribution in [3.63, 3.8) is 0 Å². The summed E-state index contributed by atoms with van der Waals surface area (Å²) < 4.78 is 38.7. The lowest BCUT2D eigenvalue weighted by molar-refractivity contribution is -0.136. The minimum Gasteiger partial charge on any atom is -0.366 e. The van der Waals surface area contributed by atoms with Crippen LogP contribution in [0, 0.1) is 0 Å². The molecule has 2 aromatic rings. The quantitative estimate of drug-likeness (QED) is 0.906. The number of nitrogens with zero attached hydrogens (tertiary/aromatic N) is 2. The second-order valence-corrected chi connectivity index (χ2v) is 5.20. The van der Waals surface area contributed by atoms with Crippen LogP contribution in [0.25, 0.3) is 0 Å². The van der Waals surface area contributed by atoms with Crippen molar-refractivity contribution in [3.8, 4) is 0 Å². The lowest BCUT2D eigenvalue weighted by Crippen LogP contribution is -2.18. The highest BCUT2D eigenvalue weighted by Gasteiger charge is 2.33. The van der Waals surface area contributed by atoms with Crippen LogP contribution in [0.4, 0.5) is 24.7 Å². The van der Waals surface area contributed by atoms with Gasteiger partial charge in [-0.05, 0) is 25.0 Å². The molecule has 3 rings (SSSR count). The lowest BCUT2D eigenvalue weighted by atomic mass is 10.1. The zero-order valence-electron chi connectivity index (χ0n) is 11.9. The zero-order chi connectivity index (χ0) is 16.4. The van der Waals surface area contributed by atoms with E-state index in [9.17, 15) is 18.0 Å². The molecule has 0 radical (unpaired) electrons. The number of anilines is 2. The van der Waals surface area contributed by atoms with Crippen molar-refractivity contribution in [1.82, 2.24) is 9.97 Å². The van der Waals surface area contributed by atoms with Crippen LogP contribution in [0.1, 0.15) is 28.9 Å². The maximum Gasteiger partial charge on any atom is 0.418 e. The van der Waals surface area contributed by atoms with Gasteiger partial charge in [0.25, 0.3) is 5.91 Å². The molecule has 0 saturated heterocycles. The summed E-state index contributed by atoms with van der Waals surface area (Å²) in [6.07, 6.45) is 0.211. The number of rotatable bonds is 4. The van der Waals surface area contributed by atoms with E-state index in [4.69, 9.17) is 0 Å². The van der Waals surface area contributed by atoms with E-state index >= 15 is 0 Å². The standard InChI is InChI=1S/C15H13F3N4O/c16-15(17,18)10-3-1-2-4-11(10)22-14(23)12-7-20-13(8-19-12)21-9-5-6-9/h1-4,7-9H,5-6H2,(H,20,21)(H,22,23). The Labute approximate surface area is 130 Å². The highest BCUT2D eigenvalue weighted by Crippen LogP contribution is 2.34. The third kappa shape index (κ3) is 3.77. The van der Waals surface area contributed by atoms with Crippen LogP contribution in [0.3, 0.4) is 0 Å². The van der Waals surface area contributed by atoms with Crippen molar-refractivity contribution < 1.29 is 18.0 Å². The lowest BCUT2D eigenvalue weighted by Gasteiger charge is -2.13. The number of nitrogens with one attached hydrogen (secondary N) is 2. The summed E-state index contributed by atoms with van der Waals surface area (Å²) in [6.45, 7) is 0. The number of alkyl halides is 3. The molecule has 1 fully saturated rings. The molecule has 1 aliphatic carbocycles. The largest absolute Gasteiger partial charge is 0.418 e. The fourth-order valence-electron chi connectivity index (χ4n) is 1.98. The van der Waals surface area contributed by atoms with E-state index in [0.29, 0.717) is 11.9 Å². The molecule has 120 valence electrons. The van der Waals surface area contributed by atoms with Crippen LogP contribution < -0.4 is 10.6 Å². The molecule has 5 nitrogen and oxygen atoms in total. The Morgan fingerprint density at radius 1 is 1.13 bits per heavy atom. The Morgan fingerprint density at radius 2 is 1.87 bits per heavy atom. The predicted molar refractivity (Wildman–Crippen MR) is 78.1 cm³/mol. The highest BCUT2D eigenvalue weighted by molar-refractivity contribution is 6.03. The SMILES string of the molecule is O=C(Nc1ccccc1C(F)(F)F)c1cnc(NC2CC2)cn1. The molecule has 8 heteroatoms. The number of amides is 1. The van der Waals surface area contributed by atoms with Gasteiger partial charge in [-0.25, -0.2) is 9.97 Å². The minimum atomic E-state index is -4.55. The summed E-state index contributed by atoms with van der Waals surface area (Å²) >= 11 is 0. The molecule has 1 heterocycles. The van der Waals surface area contributed by atoms with E-state index in [2.05, 4.69) is 20.6 Å². The fourth-order valence-corrected chi connectivity index (χ4v) is 1.98. The molecule has 1 aromatic carbocycles. The molecule has 1 aliphatic rings. The van der Waals surface area contributed by atoms with E-state index < -0.39 is 17.6 Å². The molecule has 0 spiro atoms. The number of aromatic nitrogens is 2. The Bertz CT molecular complexity index is 711. The predicted octanol–water partition coefficient (Wildman–Crippen LogP) is 3.32. The average molecular weight is 322 g/mol. The Kier molecular flexibility index (Phi) is 3.89. The number of hydrogen-bond acceptors (Lipinski definition) is 4. The summed E-state index contributed by atoms with van der Waals surface area (Å²) in [4.78, 5) is 20.0. The van der Waals surface area contributed by atoms with E-state index in [-0.39, 0.29) is 11.4 Å². The van der Waals surface area contributed by atoms with Gasteiger partial charge in [0.2, 0.25) is 0 Å². The molecular formula is C15H13F3N4O. The summed E-state index contributed by atoms with van der Waals surface area (Å²) in [5.41, 5.74) is -1.27. The minimum absolute atomic E-state index is 0.0525. The van der Waals surface area contributed by atoms with Gasteiger partial charge in [-0.1, -0.05) is 12.1 Å². The van der Waals surface area contributed by atoms with Crippen LogP contribution in [-0.4, -0.2) is 21.9 Å². The summed E-state index contributed by atoms with van der Waals surface area (Å²) in [5.74, 6) is -0.202. The Morgan fingerprint density at radius 3 is 2.48 bits per heavy atom. The number of halogens is 3. The van der Waals surface area contributed by atoms with Crippen molar-refractivity contribution in [3.05, 3.63) is 47.9 Å². The highest BCUT2D eigenvalue weighted by atomic mass is 19.4. The van der Waals surface area contributed by atoms with Gasteiger partial charge in [0.15, 0.2) is 0 Å². The fraction of sp³-hybridized carbons (Fsp3) is 0.267. The van der Waals surface area contributed by atoms with Crippen molar-refractivity contribution >= 4 is 17.4 Å². The first kappa shape index (κ1) is 15.3. The topological polar surface area (TPSA) is 66.9 Å². The van der Waals surface area contributed by atoms with Gasteiger partial charge in [-0.15, -0.1) is 0 Å². The first-order chi connectivity index (χ1) is 10.9. The molecule has 0 atom stereocenters. The molecule has 0 aliphatic heterocycles. The maximum absolute atomic E-state index is 12.9. The number of carbonyl (C=O) groups excluding carboxylic acids is 1. The van der Waals surface area contributed by atoms with Crippen LogP contribution in [-0.2, 0) is 6.18 Å². The van der Waals surface area contributed by atoms with Crippen LogP contribution in [0.5, 0.6) is 0 Å². The van der Waals surface area contributed by atoms with Gasteiger partial charge in [-0.2, -0.15) is 13.2 Å². The number of carbonyl (C=O) groups is 1. The van der Waals surface area contributed by atoms with Gasteiger partial charge in [0, 0.05) is 6.04 Å². The van der Waals surface area contributed by atoms with E-state index in [1.807, 2.05) is 0 Å². The molecular weight excluding hydrogens is 309 g/mol. The van der Waals surface area contributed by atoms with Gasteiger partial charge in [-0.3, -0.25) is 4.79 Å². The first-order valence-electron chi connectivity index (χ1n) is 6.99. The van der Waals surface area contributed by atoms with Gasteiger partial charge >= 0.3 is 6.18 Å². The third-order valence-electron chi connectivity index (χ3n) is 3.29. The Hall–Kier alpha value is -2.64. The number of para-hydroxylation sites is 1. The Balaban J connectivity index is 1.74. The second-order valence-electron chi connectivity index (χ2n) is 5.20. The summed E-state index contributed by atoms with van der Waals surface area (Å²) in [6, 6.07) is 5.17. The molecule has 1 amide bonds. The van der Waals surface area contributed by atoms with Gasteiger partial charge < -0.3 is 10.6 Å². The second kappa shape index (κ2) is 5.86. The number of hydrogen-bond donors (Lipinski definition) is 2. The van der Waals surface area contributed by atoms with E-state index in [1.54, 1.807) is 0 Å². The van der Waals surface area contributed by atoms with Crippen molar-refractivity contribution in [2.45, 2.75) is 25.1 Å². The summed E-state index contributed by atoms with van der Waals surface area (Å²) in [5, 5.41) is 5.33. The third-order valence-corrected chi connectivity index (χ3v) is 3.29. The van der Waals surface area contributed by atoms with Crippen LogP contribution >= 0.6 is 0 Å².